The predicted molar refractivity (Wildman–Crippen MR) is 108 cm³/mol. The Morgan fingerprint density at radius 2 is 2.00 bits per heavy atom. The fourth-order valence-electron chi connectivity index (χ4n) is 3.58. The van der Waals surface area contributed by atoms with E-state index in [1.807, 2.05) is 6.92 Å². The Kier molecular flexibility index (Phi) is 8.31. The summed E-state index contributed by atoms with van der Waals surface area (Å²) in [5.41, 5.74) is -0.0199. The van der Waals surface area contributed by atoms with Gasteiger partial charge in [0, 0.05) is 38.9 Å². The minimum absolute atomic E-state index is 0.0883. The zero-order chi connectivity index (χ0) is 22.2. The summed E-state index contributed by atoms with van der Waals surface area (Å²) in [6.45, 7) is 1.64. The van der Waals surface area contributed by atoms with Gasteiger partial charge in [-0.05, 0) is 25.8 Å². The van der Waals surface area contributed by atoms with Crippen LogP contribution in [0.25, 0.3) is 0 Å². The van der Waals surface area contributed by atoms with E-state index in [1.165, 1.54) is 6.20 Å². The number of aromatic nitrogens is 1. The van der Waals surface area contributed by atoms with Gasteiger partial charge in [-0.15, -0.1) is 0 Å². The number of hydrogen-bond acceptors (Lipinski definition) is 4. The van der Waals surface area contributed by atoms with Crippen molar-refractivity contribution in [1.29, 1.82) is 0 Å². The first-order valence-corrected chi connectivity index (χ1v) is 10.0. The fraction of sp³-hybridized carbons (Fsp3) is 0.650. The smallest absolute Gasteiger partial charge is 0.422 e. The Morgan fingerprint density at radius 3 is 2.60 bits per heavy atom. The number of carbonyl (C=O) groups is 1. The fourth-order valence-corrected chi connectivity index (χ4v) is 3.58. The molecule has 168 valence electrons. The standard InChI is InChI=1S/C20H30F3N5O2/c1-4-24-18(27-13-19(9-5-6-10-19)17(29)28(2)3)26-12-15-8-7-11-25-16(15)30-14-20(21,22)23/h7-8,11H,4-6,9-10,12-14H2,1-3H3,(H2,24,26,27). The van der Waals surface area contributed by atoms with Crippen molar-refractivity contribution in [3.8, 4) is 5.88 Å². The van der Waals surface area contributed by atoms with Gasteiger partial charge in [-0.25, -0.2) is 9.98 Å². The van der Waals surface area contributed by atoms with E-state index in [4.69, 9.17) is 4.74 Å². The van der Waals surface area contributed by atoms with Gasteiger partial charge in [0.15, 0.2) is 12.6 Å². The Bertz CT molecular complexity index is 731. The van der Waals surface area contributed by atoms with Crippen LogP contribution in [0.1, 0.15) is 38.2 Å². The number of nitrogens with zero attached hydrogens (tertiary/aromatic N) is 3. The molecule has 2 rings (SSSR count). The minimum atomic E-state index is -4.44. The number of guanidine groups is 1. The van der Waals surface area contributed by atoms with Crippen molar-refractivity contribution in [3.63, 3.8) is 0 Å². The lowest BCUT2D eigenvalue weighted by atomic mass is 9.84. The third kappa shape index (κ3) is 6.77. The molecule has 2 N–H and O–H groups in total. The van der Waals surface area contributed by atoms with Gasteiger partial charge in [0.1, 0.15) is 0 Å². The normalized spacial score (nSPS) is 16.3. The van der Waals surface area contributed by atoms with Crippen LogP contribution < -0.4 is 15.4 Å². The lowest BCUT2D eigenvalue weighted by Crippen LogP contribution is -2.49. The molecule has 1 heterocycles. The molecule has 0 bridgehead atoms. The molecule has 1 amide bonds. The molecule has 30 heavy (non-hydrogen) atoms. The van der Waals surface area contributed by atoms with E-state index < -0.39 is 18.2 Å². The molecular weight excluding hydrogens is 399 g/mol. The number of nitrogens with one attached hydrogen (secondary N) is 2. The highest BCUT2D eigenvalue weighted by molar-refractivity contribution is 5.85. The first kappa shape index (κ1) is 23.8. The predicted octanol–water partition coefficient (Wildman–Crippen LogP) is 2.73. The van der Waals surface area contributed by atoms with Gasteiger partial charge in [-0.1, -0.05) is 18.9 Å². The van der Waals surface area contributed by atoms with Gasteiger partial charge in [0.25, 0.3) is 0 Å². The SMILES string of the molecule is CCNC(=NCc1cccnc1OCC(F)(F)F)NCC1(C(=O)N(C)C)CCCC1. The molecule has 1 aromatic heterocycles. The second-order valence-corrected chi connectivity index (χ2v) is 7.61. The highest BCUT2D eigenvalue weighted by Crippen LogP contribution is 2.38. The summed E-state index contributed by atoms with van der Waals surface area (Å²) in [5, 5.41) is 6.35. The van der Waals surface area contributed by atoms with Crippen LogP contribution in [-0.4, -0.2) is 61.7 Å². The monoisotopic (exact) mass is 429 g/mol. The van der Waals surface area contributed by atoms with Crippen LogP contribution >= 0.6 is 0 Å². The van der Waals surface area contributed by atoms with Crippen molar-refractivity contribution in [1.82, 2.24) is 20.5 Å². The van der Waals surface area contributed by atoms with Crippen LogP contribution in [0.3, 0.4) is 0 Å². The van der Waals surface area contributed by atoms with Gasteiger partial charge >= 0.3 is 6.18 Å². The summed E-state index contributed by atoms with van der Waals surface area (Å²) in [5.74, 6) is 0.490. The number of halogens is 3. The maximum Gasteiger partial charge on any atom is 0.422 e. The molecule has 1 aliphatic carbocycles. The summed E-state index contributed by atoms with van der Waals surface area (Å²) in [4.78, 5) is 22.7. The van der Waals surface area contributed by atoms with Crippen LogP contribution in [0.5, 0.6) is 5.88 Å². The number of carbonyl (C=O) groups excluding carboxylic acids is 1. The van der Waals surface area contributed by atoms with E-state index >= 15 is 0 Å². The molecule has 1 fully saturated rings. The van der Waals surface area contributed by atoms with E-state index in [0.29, 0.717) is 24.6 Å². The molecule has 0 unspecified atom stereocenters. The lowest BCUT2D eigenvalue weighted by molar-refractivity contribution is -0.154. The third-order valence-electron chi connectivity index (χ3n) is 4.99. The molecule has 7 nitrogen and oxygen atoms in total. The zero-order valence-corrected chi connectivity index (χ0v) is 17.7. The molecule has 0 saturated heterocycles. The van der Waals surface area contributed by atoms with Crippen LogP contribution in [0, 0.1) is 5.41 Å². The topological polar surface area (TPSA) is 78.9 Å². The van der Waals surface area contributed by atoms with E-state index in [0.717, 1.165) is 25.7 Å². The van der Waals surface area contributed by atoms with Crippen LogP contribution in [0.2, 0.25) is 0 Å². The Morgan fingerprint density at radius 1 is 1.30 bits per heavy atom. The largest absolute Gasteiger partial charge is 0.468 e. The summed E-state index contributed by atoms with van der Waals surface area (Å²) >= 11 is 0. The van der Waals surface area contributed by atoms with Crippen LogP contribution in [-0.2, 0) is 11.3 Å². The molecule has 1 aliphatic rings. The van der Waals surface area contributed by atoms with Gasteiger partial charge < -0.3 is 20.3 Å². The Balaban J connectivity index is 2.09. The molecule has 10 heteroatoms. The van der Waals surface area contributed by atoms with Gasteiger partial charge in [0.05, 0.1) is 12.0 Å². The van der Waals surface area contributed by atoms with Crippen molar-refractivity contribution in [2.24, 2.45) is 10.4 Å². The maximum atomic E-state index is 12.7. The van der Waals surface area contributed by atoms with Crippen molar-refractivity contribution in [2.45, 2.75) is 45.3 Å². The highest BCUT2D eigenvalue weighted by atomic mass is 19.4. The number of ether oxygens (including phenoxy) is 1. The van der Waals surface area contributed by atoms with Gasteiger partial charge in [0.2, 0.25) is 11.8 Å². The molecule has 0 radical (unpaired) electrons. The highest BCUT2D eigenvalue weighted by Gasteiger charge is 2.42. The molecule has 0 aromatic carbocycles. The number of alkyl halides is 3. The summed E-state index contributed by atoms with van der Waals surface area (Å²) in [6, 6.07) is 3.24. The molecule has 1 aromatic rings. The quantitative estimate of drug-likeness (QED) is 0.491. The minimum Gasteiger partial charge on any atom is -0.468 e. The molecule has 1 saturated carbocycles. The van der Waals surface area contributed by atoms with Crippen molar-refractivity contribution >= 4 is 11.9 Å². The maximum absolute atomic E-state index is 12.7. The molecular formula is C20H30F3N5O2. The average Bonchev–Trinajstić information content (AvgIpc) is 3.18. The van der Waals surface area contributed by atoms with Crippen LogP contribution in [0.15, 0.2) is 23.3 Å². The summed E-state index contributed by atoms with van der Waals surface area (Å²) in [7, 11) is 3.51. The zero-order valence-electron chi connectivity index (χ0n) is 17.7. The Hall–Kier alpha value is -2.52. The molecule has 0 atom stereocenters. The van der Waals surface area contributed by atoms with Crippen molar-refractivity contribution in [3.05, 3.63) is 23.9 Å². The van der Waals surface area contributed by atoms with E-state index in [-0.39, 0.29) is 18.3 Å². The average molecular weight is 429 g/mol. The second-order valence-electron chi connectivity index (χ2n) is 7.61. The van der Waals surface area contributed by atoms with Crippen molar-refractivity contribution < 1.29 is 22.7 Å². The third-order valence-corrected chi connectivity index (χ3v) is 4.99. The first-order chi connectivity index (χ1) is 14.2. The Labute approximate surface area is 175 Å². The molecule has 0 aliphatic heterocycles. The van der Waals surface area contributed by atoms with Crippen molar-refractivity contribution in [2.75, 3.05) is 33.8 Å². The van der Waals surface area contributed by atoms with Gasteiger partial charge in [-0.3, -0.25) is 4.79 Å². The van der Waals surface area contributed by atoms with E-state index in [1.54, 1.807) is 31.1 Å². The number of hydrogen-bond donors (Lipinski definition) is 2. The lowest BCUT2D eigenvalue weighted by Gasteiger charge is -2.31. The van der Waals surface area contributed by atoms with E-state index in [2.05, 4.69) is 20.6 Å². The number of rotatable bonds is 8. The molecule has 0 spiro atoms. The number of aliphatic imine (C=N–C) groups is 1. The number of pyridine rings is 1. The first-order valence-electron chi connectivity index (χ1n) is 10.0. The summed E-state index contributed by atoms with van der Waals surface area (Å²) in [6.07, 6.45) is 0.570. The number of amides is 1. The second kappa shape index (κ2) is 10.5. The van der Waals surface area contributed by atoms with Crippen LogP contribution in [0.4, 0.5) is 13.2 Å². The summed E-state index contributed by atoms with van der Waals surface area (Å²) < 4.78 is 42.2. The van der Waals surface area contributed by atoms with Gasteiger partial charge in [-0.2, -0.15) is 13.2 Å². The van der Waals surface area contributed by atoms with E-state index in [9.17, 15) is 18.0 Å².